The summed E-state index contributed by atoms with van der Waals surface area (Å²) in [5.41, 5.74) is 0.825. The van der Waals surface area contributed by atoms with Crippen LogP contribution in [0.15, 0.2) is 18.2 Å². The minimum absolute atomic E-state index is 0.0121. The maximum Gasteiger partial charge on any atom is 0.228 e. The topological polar surface area (TPSA) is 67.4 Å². The van der Waals surface area contributed by atoms with Gasteiger partial charge in [-0.25, -0.2) is 0 Å². The molecule has 0 unspecified atom stereocenters. The molecule has 2 N–H and O–H groups in total. The molecular formula is C15H17ClN2O3. The first-order valence-corrected chi connectivity index (χ1v) is 7.50. The van der Waals surface area contributed by atoms with Crippen molar-refractivity contribution in [1.29, 1.82) is 0 Å². The monoisotopic (exact) mass is 308 g/mol. The first-order chi connectivity index (χ1) is 10.1. The van der Waals surface area contributed by atoms with Crippen LogP contribution in [-0.4, -0.2) is 31.0 Å². The summed E-state index contributed by atoms with van der Waals surface area (Å²) in [6, 6.07) is 5.25. The molecule has 112 valence electrons. The van der Waals surface area contributed by atoms with Gasteiger partial charge in [0.25, 0.3) is 0 Å². The van der Waals surface area contributed by atoms with Crippen LogP contribution < -0.4 is 15.4 Å². The number of fused-ring (bicyclic) bond motifs is 1. The Morgan fingerprint density at radius 3 is 3.05 bits per heavy atom. The van der Waals surface area contributed by atoms with Gasteiger partial charge in [0, 0.05) is 29.6 Å². The summed E-state index contributed by atoms with van der Waals surface area (Å²) in [5.74, 6) is 0.383. The van der Waals surface area contributed by atoms with Crippen molar-refractivity contribution in [3.8, 4) is 5.75 Å². The molecule has 1 fully saturated rings. The van der Waals surface area contributed by atoms with E-state index in [4.69, 9.17) is 16.3 Å². The Bertz CT molecular complexity index is 576. The predicted molar refractivity (Wildman–Crippen MR) is 78.5 cm³/mol. The number of halogens is 1. The van der Waals surface area contributed by atoms with Crippen molar-refractivity contribution in [2.45, 2.75) is 31.2 Å². The molecule has 1 aromatic carbocycles. The molecule has 5 nitrogen and oxygen atoms in total. The van der Waals surface area contributed by atoms with Gasteiger partial charge < -0.3 is 15.4 Å². The fourth-order valence-electron chi connectivity index (χ4n) is 2.85. The Morgan fingerprint density at radius 1 is 1.38 bits per heavy atom. The number of carbonyl (C=O) groups excluding carboxylic acids is 2. The van der Waals surface area contributed by atoms with Crippen molar-refractivity contribution >= 4 is 23.4 Å². The molecule has 3 rings (SSSR count). The molecule has 0 spiro atoms. The Hall–Kier alpha value is -1.75. The Kier molecular flexibility index (Phi) is 4.01. The molecule has 2 amide bonds. The van der Waals surface area contributed by atoms with Gasteiger partial charge in [0.15, 0.2) is 0 Å². The molecule has 1 aromatic rings. The van der Waals surface area contributed by atoms with Crippen LogP contribution in [0.3, 0.4) is 0 Å². The van der Waals surface area contributed by atoms with E-state index in [2.05, 4.69) is 10.6 Å². The highest BCUT2D eigenvalue weighted by atomic mass is 35.5. The van der Waals surface area contributed by atoms with Gasteiger partial charge in [0.05, 0.1) is 12.5 Å². The average Bonchev–Trinajstić information content (AvgIpc) is 2.46. The van der Waals surface area contributed by atoms with E-state index in [9.17, 15) is 9.59 Å². The number of amides is 2. The second kappa shape index (κ2) is 5.93. The maximum atomic E-state index is 12.5. The number of hydrogen-bond donors (Lipinski definition) is 2. The molecule has 2 atom stereocenters. The van der Waals surface area contributed by atoms with Crippen LogP contribution in [0.25, 0.3) is 0 Å². The second-order valence-electron chi connectivity index (χ2n) is 5.42. The van der Waals surface area contributed by atoms with E-state index in [-0.39, 0.29) is 23.8 Å². The Labute approximate surface area is 128 Å². The highest BCUT2D eigenvalue weighted by Gasteiger charge is 2.30. The summed E-state index contributed by atoms with van der Waals surface area (Å²) in [5, 5.41) is 6.33. The molecule has 6 heteroatoms. The lowest BCUT2D eigenvalue weighted by atomic mass is 9.91. The van der Waals surface area contributed by atoms with Crippen molar-refractivity contribution in [2.75, 3.05) is 13.2 Å². The zero-order chi connectivity index (χ0) is 14.8. The molecule has 0 saturated carbocycles. The molecule has 0 bridgehead atoms. The molecule has 2 aliphatic heterocycles. The Balaban J connectivity index is 1.74. The predicted octanol–water partition coefficient (Wildman–Crippen LogP) is 1.60. The fourth-order valence-corrected chi connectivity index (χ4v) is 3.03. The number of nitrogens with one attached hydrogen (secondary N) is 2. The molecule has 0 aliphatic carbocycles. The summed E-state index contributed by atoms with van der Waals surface area (Å²) in [6.45, 7) is 1.12. The van der Waals surface area contributed by atoms with Gasteiger partial charge in [-0.2, -0.15) is 0 Å². The molecule has 0 radical (unpaired) electrons. The second-order valence-corrected chi connectivity index (χ2v) is 5.86. The maximum absolute atomic E-state index is 12.5. The number of rotatable bonds is 2. The van der Waals surface area contributed by atoms with E-state index in [1.54, 1.807) is 18.2 Å². The van der Waals surface area contributed by atoms with Crippen molar-refractivity contribution < 1.29 is 14.3 Å². The smallest absolute Gasteiger partial charge is 0.228 e. The lowest BCUT2D eigenvalue weighted by Crippen LogP contribution is -2.47. The molecular weight excluding hydrogens is 292 g/mol. The van der Waals surface area contributed by atoms with Crippen LogP contribution in [0.2, 0.25) is 5.02 Å². The molecule has 21 heavy (non-hydrogen) atoms. The van der Waals surface area contributed by atoms with Gasteiger partial charge in [-0.15, -0.1) is 0 Å². The third-order valence-corrected chi connectivity index (χ3v) is 4.16. The molecule has 2 aliphatic rings. The standard InChI is InChI=1S/C15H17ClN2O3/c16-9-1-2-13-12(7-9)11(4-6-21-13)15(20)18-10-3-5-17-14(19)8-10/h1-2,7,10-11H,3-6,8H2,(H,17,19)(H,18,20)/t10-,11-/m1/s1. The van der Waals surface area contributed by atoms with Crippen LogP contribution in [0.1, 0.15) is 30.7 Å². The van der Waals surface area contributed by atoms with Gasteiger partial charge in [0.1, 0.15) is 5.75 Å². The van der Waals surface area contributed by atoms with Crippen LogP contribution in [0, 0.1) is 0 Å². The lowest BCUT2D eigenvalue weighted by Gasteiger charge is -2.29. The van der Waals surface area contributed by atoms with E-state index in [1.807, 2.05) is 0 Å². The number of piperidine rings is 1. The zero-order valence-electron chi connectivity index (χ0n) is 11.5. The van der Waals surface area contributed by atoms with Gasteiger partial charge >= 0.3 is 0 Å². The average molecular weight is 309 g/mol. The summed E-state index contributed by atoms with van der Waals surface area (Å²) in [7, 11) is 0. The van der Waals surface area contributed by atoms with E-state index in [1.165, 1.54) is 0 Å². The van der Waals surface area contributed by atoms with E-state index in [0.717, 1.165) is 12.0 Å². The van der Waals surface area contributed by atoms with Crippen molar-refractivity contribution in [2.24, 2.45) is 0 Å². The van der Waals surface area contributed by atoms with Crippen LogP contribution >= 0.6 is 11.6 Å². The fraction of sp³-hybridized carbons (Fsp3) is 0.467. The minimum Gasteiger partial charge on any atom is -0.493 e. The number of benzene rings is 1. The third kappa shape index (κ3) is 3.13. The minimum atomic E-state index is -0.266. The number of hydrogen-bond acceptors (Lipinski definition) is 3. The normalized spacial score (nSPS) is 24.5. The largest absolute Gasteiger partial charge is 0.493 e. The molecule has 0 aromatic heterocycles. The van der Waals surface area contributed by atoms with Crippen molar-refractivity contribution in [3.63, 3.8) is 0 Å². The summed E-state index contributed by atoms with van der Waals surface area (Å²) in [4.78, 5) is 23.9. The van der Waals surface area contributed by atoms with Crippen LogP contribution in [0.4, 0.5) is 0 Å². The molecule has 2 heterocycles. The van der Waals surface area contributed by atoms with E-state index in [0.29, 0.717) is 36.8 Å². The first kappa shape index (κ1) is 14.2. The van der Waals surface area contributed by atoms with Gasteiger partial charge in [-0.1, -0.05) is 11.6 Å². The number of carbonyl (C=O) groups is 2. The number of ether oxygens (including phenoxy) is 1. The van der Waals surface area contributed by atoms with Crippen molar-refractivity contribution in [3.05, 3.63) is 28.8 Å². The summed E-state index contributed by atoms with van der Waals surface area (Å²) >= 11 is 6.02. The third-order valence-electron chi connectivity index (χ3n) is 3.92. The molecule has 1 saturated heterocycles. The zero-order valence-corrected chi connectivity index (χ0v) is 12.3. The van der Waals surface area contributed by atoms with E-state index >= 15 is 0 Å². The van der Waals surface area contributed by atoms with Crippen molar-refractivity contribution in [1.82, 2.24) is 10.6 Å². The lowest BCUT2D eigenvalue weighted by molar-refractivity contribution is -0.126. The van der Waals surface area contributed by atoms with Crippen LogP contribution in [0.5, 0.6) is 5.75 Å². The van der Waals surface area contributed by atoms with Crippen LogP contribution in [-0.2, 0) is 9.59 Å². The quantitative estimate of drug-likeness (QED) is 0.872. The highest BCUT2D eigenvalue weighted by Crippen LogP contribution is 2.35. The first-order valence-electron chi connectivity index (χ1n) is 7.13. The summed E-state index contributed by atoms with van der Waals surface area (Å²) in [6.07, 6.45) is 1.73. The highest BCUT2D eigenvalue weighted by molar-refractivity contribution is 6.30. The Morgan fingerprint density at radius 2 is 2.24 bits per heavy atom. The van der Waals surface area contributed by atoms with E-state index < -0.39 is 0 Å². The SMILES string of the molecule is O=C1C[C@H](NC(=O)[C@@H]2CCOc3ccc(Cl)cc32)CCN1. The van der Waals surface area contributed by atoms with Gasteiger partial charge in [-0.05, 0) is 31.0 Å². The summed E-state index contributed by atoms with van der Waals surface area (Å²) < 4.78 is 5.56. The van der Waals surface area contributed by atoms with Gasteiger partial charge in [0.2, 0.25) is 11.8 Å². The van der Waals surface area contributed by atoms with Gasteiger partial charge in [-0.3, -0.25) is 9.59 Å².